The average molecular weight is 393 g/mol. The van der Waals surface area contributed by atoms with Crippen molar-refractivity contribution >= 4 is 45.5 Å². The Morgan fingerprint density at radius 3 is 2.58 bits per heavy atom. The Balaban J connectivity index is 2.16. The van der Waals surface area contributed by atoms with E-state index in [4.69, 9.17) is 9.47 Å². The van der Waals surface area contributed by atoms with E-state index in [1.54, 1.807) is 26.2 Å². The van der Waals surface area contributed by atoms with Gasteiger partial charge in [-0.1, -0.05) is 11.6 Å². The summed E-state index contributed by atoms with van der Waals surface area (Å²) in [6, 6.07) is 3.77. The summed E-state index contributed by atoms with van der Waals surface area (Å²) in [4.78, 5) is 36.8. The zero-order valence-corrected chi connectivity index (χ0v) is 16.3. The van der Waals surface area contributed by atoms with Crippen molar-refractivity contribution in [1.82, 2.24) is 0 Å². The number of rotatable bonds is 7. The molecule has 138 valence electrons. The van der Waals surface area contributed by atoms with Crippen LogP contribution in [0.2, 0.25) is 0 Å². The third-order valence-electron chi connectivity index (χ3n) is 3.06. The van der Waals surface area contributed by atoms with Crippen molar-refractivity contribution in [2.45, 2.75) is 20.8 Å². The topological polar surface area (TPSA) is 81.7 Å². The number of carbonyl (C=O) groups is 3. The summed E-state index contributed by atoms with van der Waals surface area (Å²) < 4.78 is 9.99. The minimum Gasteiger partial charge on any atom is -0.462 e. The van der Waals surface area contributed by atoms with Crippen molar-refractivity contribution in [3.63, 3.8) is 0 Å². The van der Waals surface area contributed by atoms with Gasteiger partial charge in [0, 0.05) is 21.9 Å². The standard InChI is InChI=1S/C18H19NO5S2/c1-4-23-18(22)16-12(13-6-5-7-25-13)10-26-17(16)19-14(20)9-24-15(21)8-11(2)3/h5-8,10H,4,9H2,1-3H3,(H,19,20). The van der Waals surface area contributed by atoms with Gasteiger partial charge in [0.05, 0.1) is 6.61 Å². The van der Waals surface area contributed by atoms with Gasteiger partial charge in [0.25, 0.3) is 5.91 Å². The zero-order chi connectivity index (χ0) is 19.1. The molecule has 2 aromatic rings. The number of thiophene rings is 2. The van der Waals surface area contributed by atoms with E-state index in [1.165, 1.54) is 28.7 Å². The number of amides is 1. The first-order chi connectivity index (χ1) is 12.4. The van der Waals surface area contributed by atoms with Crippen LogP contribution in [0.5, 0.6) is 0 Å². The van der Waals surface area contributed by atoms with Crippen LogP contribution in [0.4, 0.5) is 5.00 Å². The molecule has 0 atom stereocenters. The van der Waals surface area contributed by atoms with Gasteiger partial charge >= 0.3 is 11.9 Å². The van der Waals surface area contributed by atoms with Gasteiger partial charge in [0.1, 0.15) is 10.6 Å². The number of nitrogens with one attached hydrogen (secondary N) is 1. The summed E-state index contributed by atoms with van der Waals surface area (Å²) in [5.74, 6) is -1.61. The number of carbonyl (C=O) groups excluding carboxylic acids is 3. The van der Waals surface area contributed by atoms with Crippen LogP contribution in [0.25, 0.3) is 10.4 Å². The van der Waals surface area contributed by atoms with Gasteiger partial charge in [-0.3, -0.25) is 4.79 Å². The number of hydrogen-bond acceptors (Lipinski definition) is 7. The maximum atomic E-state index is 12.4. The Hall–Kier alpha value is -2.45. The van der Waals surface area contributed by atoms with Crippen molar-refractivity contribution in [1.29, 1.82) is 0 Å². The molecule has 2 rings (SSSR count). The molecule has 0 spiro atoms. The van der Waals surface area contributed by atoms with Gasteiger partial charge < -0.3 is 14.8 Å². The molecule has 8 heteroatoms. The predicted octanol–water partition coefficient (Wildman–Crippen LogP) is 4.10. The van der Waals surface area contributed by atoms with Gasteiger partial charge in [-0.25, -0.2) is 9.59 Å². The molecule has 0 aliphatic heterocycles. The maximum Gasteiger partial charge on any atom is 0.341 e. The molecule has 0 bridgehead atoms. The lowest BCUT2D eigenvalue weighted by molar-refractivity contribution is -0.142. The number of esters is 2. The molecule has 0 aliphatic rings. The smallest absolute Gasteiger partial charge is 0.341 e. The number of ether oxygens (including phenoxy) is 2. The fourth-order valence-electron chi connectivity index (χ4n) is 2.05. The molecule has 0 radical (unpaired) electrons. The molecule has 0 fully saturated rings. The largest absolute Gasteiger partial charge is 0.462 e. The molecule has 2 heterocycles. The van der Waals surface area contributed by atoms with Crippen LogP contribution in [0.1, 0.15) is 31.1 Å². The van der Waals surface area contributed by atoms with Crippen LogP contribution in [-0.4, -0.2) is 31.1 Å². The summed E-state index contributed by atoms with van der Waals surface area (Å²) in [5.41, 5.74) is 1.79. The van der Waals surface area contributed by atoms with E-state index >= 15 is 0 Å². The van der Waals surface area contributed by atoms with E-state index in [0.29, 0.717) is 16.1 Å². The van der Waals surface area contributed by atoms with Crippen molar-refractivity contribution in [3.8, 4) is 10.4 Å². The van der Waals surface area contributed by atoms with Gasteiger partial charge in [-0.15, -0.1) is 22.7 Å². The fraction of sp³-hybridized carbons (Fsp3) is 0.278. The third kappa shape index (κ3) is 5.27. The molecule has 1 N–H and O–H groups in total. The van der Waals surface area contributed by atoms with Crippen LogP contribution in [-0.2, 0) is 19.1 Å². The van der Waals surface area contributed by atoms with E-state index < -0.39 is 24.5 Å². The Labute approximate surface area is 159 Å². The van der Waals surface area contributed by atoms with Gasteiger partial charge in [-0.2, -0.15) is 0 Å². The lowest BCUT2D eigenvalue weighted by atomic mass is 10.1. The highest BCUT2D eigenvalue weighted by Crippen LogP contribution is 2.38. The molecule has 0 unspecified atom stereocenters. The zero-order valence-electron chi connectivity index (χ0n) is 14.7. The summed E-state index contributed by atoms with van der Waals surface area (Å²) in [5, 5.41) is 6.70. The van der Waals surface area contributed by atoms with E-state index in [-0.39, 0.29) is 6.61 Å². The second-order valence-electron chi connectivity index (χ2n) is 5.43. The number of allylic oxidation sites excluding steroid dienone is 1. The monoisotopic (exact) mass is 393 g/mol. The molecule has 0 aliphatic carbocycles. The summed E-state index contributed by atoms with van der Waals surface area (Å²) in [6.07, 6.45) is 1.30. The minimum atomic E-state index is -0.587. The molecule has 0 saturated heterocycles. The van der Waals surface area contributed by atoms with E-state index in [9.17, 15) is 14.4 Å². The van der Waals surface area contributed by atoms with Crippen LogP contribution in [0, 0.1) is 0 Å². The highest BCUT2D eigenvalue weighted by atomic mass is 32.1. The normalized spacial score (nSPS) is 10.1. The highest BCUT2D eigenvalue weighted by molar-refractivity contribution is 7.17. The molecule has 2 aromatic heterocycles. The van der Waals surface area contributed by atoms with Crippen LogP contribution in [0.3, 0.4) is 0 Å². The predicted molar refractivity (Wildman–Crippen MR) is 103 cm³/mol. The minimum absolute atomic E-state index is 0.228. The highest BCUT2D eigenvalue weighted by Gasteiger charge is 2.23. The van der Waals surface area contributed by atoms with Crippen LogP contribution < -0.4 is 5.32 Å². The second kappa shape index (κ2) is 9.30. The quantitative estimate of drug-likeness (QED) is 0.566. The third-order valence-corrected chi connectivity index (χ3v) is 4.86. The lowest BCUT2D eigenvalue weighted by Crippen LogP contribution is -2.21. The average Bonchev–Trinajstić information content (AvgIpc) is 3.21. The maximum absolute atomic E-state index is 12.4. The summed E-state index contributed by atoms with van der Waals surface area (Å²) >= 11 is 2.71. The molecular formula is C18H19NO5S2. The van der Waals surface area contributed by atoms with Crippen molar-refractivity contribution in [2.24, 2.45) is 0 Å². The van der Waals surface area contributed by atoms with Crippen molar-refractivity contribution in [2.75, 3.05) is 18.5 Å². The molecule has 0 saturated carbocycles. The Kier molecular flexibility index (Phi) is 7.11. The molecule has 26 heavy (non-hydrogen) atoms. The van der Waals surface area contributed by atoms with Crippen molar-refractivity contribution < 1.29 is 23.9 Å². The van der Waals surface area contributed by atoms with Gasteiger partial charge in [0.15, 0.2) is 6.61 Å². The van der Waals surface area contributed by atoms with E-state index in [2.05, 4.69) is 5.32 Å². The SMILES string of the molecule is CCOC(=O)c1c(-c2cccs2)csc1NC(=O)COC(=O)C=C(C)C. The fourth-order valence-corrected chi connectivity index (χ4v) is 3.83. The first kappa shape index (κ1) is 19.9. The summed E-state index contributed by atoms with van der Waals surface area (Å²) in [6.45, 7) is 5.02. The second-order valence-corrected chi connectivity index (χ2v) is 7.26. The first-order valence-electron chi connectivity index (χ1n) is 7.86. The van der Waals surface area contributed by atoms with Crippen molar-refractivity contribution in [3.05, 3.63) is 40.1 Å². The lowest BCUT2D eigenvalue weighted by Gasteiger charge is -2.08. The summed E-state index contributed by atoms with van der Waals surface area (Å²) in [7, 11) is 0. The first-order valence-corrected chi connectivity index (χ1v) is 9.62. The van der Waals surface area contributed by atoms with Crippen LogP contribution >= 0.6 is 22.7 Å². The molecule has 1 amide bonds. The molecule has 6 nitrogen and oxygen atoms in total. The number of hydrogen-bond donors (Lipinski definition) is 1. The molecule has 0 aromatic carbocycles. The number of anilines is 1. The molecular weight excluding hydrogens is 374 g/mol. The van der Waals surface area contributed by atoms with E-state index in [0.717, 1.165) is 10.5 Å². The van der Waals surface area contributed by atoms with Crippen LogP contribution in [0.15, 0.2) is 34.5 Å². The van der Waals surface area contributed by atoms with Gasteiger partial charge in [0.2, 0.25) is 0 Å². The van der Waals surface area contributed by atoms with Gasteiger partial charge in [-0.05, 0) is 32.2 Å². The Morgan fingerprint density at radius 2 is 1.96 bits per heavy atom. The van der Waals surface area contributed by atoms with E-state index in [1.807, 2.05) is 17.5 Å². The Morgan fingerprint density at radius 1 is 1.19 bits per heavy atom. The Bertz CT molecular complexity index is 817.